The van der Waals surface area contributed by atoms with E-state index in [0.29, 0.717) is 38.5 Å². The Bertz CT molecular complexity index is 540. The molecule has 2 saturated heterocycles. The zero-order valence-electron chi connectivity index (χ0n) is 15.8. The number of rotatable bonds is 2. The number of fused-ring (bicyclic) bond motifs is 3. The molecular weight excluding hydrogens is 357 g/mol. The summed E-state index contributed by atoms with van der Waals surface area (Å²) in [6.07, 6.45) is 2.02. The Hall–Kier alpha value is -0.820. The van der Waals surface area contributed by atoms with Crippen molar-refractivity contribution in [1.82, 2.24) is 4.90 Å². The first kappa shape index (κ1) is 19.5. The molecule has 0 radical (unpaired) electrons. The molecule has 4 nitrogen and oxygen atoms in total. The lowest BCUT2D eigenvalue weighted by molar-refractivity contribution is -0.231. The third-order valence-electron chi connectivity index (χ3n) is 7.61. The summed E-state index contributed by atoms with van der Waals surface area (Å²) in [4.78, 5) is 14.8. The molecule has 4 atom stereocenters. The highest BCUT2D eigenvalue weighted by molar-refractivity contribution is 5.80. The quantitative estimate of drug-likeness (QED) is 0.789. The van der Waals surface area contributed by atoms with Crippen LogP contribution in [0.5, 0.6) is 0 Å². The third-order valence-corrected chi connectivity index (χ3v) is 7.61. The lowest BCUT2D eigenvalue weighted by Gasteiger charge is -2.50. The van der Waals surface area contributed by atoms with Gasteiger partial charge in [0.15, 0.2) is 0 Å². The Labute approximate surface area is 159 Å². The summed E-state index contributed by atoms with van der Waals surface area (Å²) in [5.41, 5.74) is 6.04. The number of piperidine rings is 1. The molecule has 2 aliphatic heterocycles. The summed E-state index contributed by atoms with van der Waals surface area (Å²) in [6, 6.07) is 0.175. The number of hydrogen-bond acceptors (Lipinski definition) is 3. The number of likely N-dealkylation sites (tertiary alicyclic amines) is 1. The normalized spacial score (nSPS) is 41.0. The maximum absolute atomic E-state index is 13.7. The molecule has 0 spiro atoms. The predicted molar refractivity (Wildman–Crippen MR) is 94.7 cm³/mol. The van der Waals surface area contributed by atoms with E-state index >= 15 is 0 Å². The molecule has 154 valence electrons. The molecule has 7 heteroatoms. The molecule has 27 heavy (non-hydrogen) atoms. The molecule has 2 heterocycles. The molecule has 0 aromatic rings. The Morgan fingerprint density at radius 3 is 2.15 bits per heavy atom. The number of halogens is 3. The summed E-state index contributed by atoms with van der Waals surface area (Å²) in [5, 5.41) is 0. The van der Waals surface area contributed by atoms with Gasteiger partial charge < -0.3 is 15.4 Å². The second kappa shape index (κ2) is 7.54. The highest BCUT2D eigenvalue weighted by Crippen LogP contribution is 2.55. The maximum atomic E-state index is 13.7. The molecule has 2 unspecified atom stereocenters. The summed E-state index contributed by atoms with van der Waals surface area (Å²) in [6.45, 7) is 1.79. The molecule has 2 N–H and O–H groups in total. The van der Waals surface area contributed by atoms with Crippen LogP contribution in [0.2, 0.25) is 0 Å². The van der Waals surface area contributed by atoms with E-state index < -0.39 is 18.0 Å². The molecule has 0 aromatic heterocycles. The van der Waals surface area contributed by atoms with Gasteiger partial charge in [0.25, 0.3) is 0 Å². The summed E-state index contributed by atoms with van der Waals surface area (Å²) in [7, 11) is 0. The first-order chi connectivity index (χ1) is 12.8. The number of amides is 1. The van der Waals surface area contributed by atoms with Crippen molar-refractivity contribution in [3.63, 3.8) is 0 Å². The van der Waals surface area contributed by atoms with Crippen LogP contribution in [0.4, 0.5) is 13.2 Å². The molecule has 1 amide bonds. The van der Waals surface area contributed by atoms with E-state index in [4.69, 9.17) is 10.5 Å². The smallest absolute Gasteiger partial charge is 0.378 e. The lowest BCUT2D eigenvalue weighted by atomic mass is 9.58. The Kier molecular flexibility index (Phi) is 5.45. The Balaban J connectivity index is 1.40. The topological polar surface area (TPSA) is 55.6 Å². The van der Waals surface area contributed by atoms with Crippen molar-refractivity contribution >= 4 is 5.91 Å². The van der Waals surface area contributed by atoms with Gasteiger partial charge in [-0.2, -0.15) is 13.2 Å². The minimum Gasteiger partial charge on any atom is -0.378 e. The van der Waals surface area contributed by atoms with Gasteiger partial charge >= 0.3 is 6.18 Å². The molecule has 0 aromatic carbocycles. The Morgan fingerprint density at radius 1 is 0.926 bits per heavy atom. The minimum absolute atomic E-state index is 0.0912. The fourth-order valence-corrected chi connectivity index (χ4v) is 6.16. The summed E-state index contributed by atoms with van der Waals surface area (Å²) < 4.78 is 47.0. The lowest BCUT2D eigenvalue weighted by Crippen LogP contribution is -2.55. The maximum Gasteiger partial charge on any atom is 0.392 e. The predicted octanol–water partition coefficient (Wildman–Crippen LogP) is 3.35. The van der Waals surface area contributed by atoms with E-state index in [9.17, 15) is 18.0 Å². The first-order valence-corrected chi connectivity index (χ1v) is 10.6. The van der Waals surface area contributed by atoms with Gasteiger partial charge in [0, 0.05) is 25.7 Å². The summed E-state index contributed by atoms with van der Waals surface area (Å²) >= 11 is 0. The highest BCUT2D eigenvalue weighted by Gasteiger charge is 2.58. The van der Waals surface area contributed by atoms with Gasteiger partial charge in [-0.05, 0) is 69.1 Å². The average molecular weight is 388 g/mol. The molecule has 5 fully saturated rings. The number of alkyl halides is 3. The third kappa shape index (κ3) is 3.86. The molecule has 2 bridgehead atoms. The number of carbonyl (C=O) groups is 1. The second-order valence-corrected chi connectivity index (χ2v) is 9.12. The minimum atomic E-state index is -4.27. The van der Waals surface area contributed by atoms with E-state index in [0.717, 1.165) is 38.5 Å². The highest BCUT2D eigenvalue weighted by atomic mass is 19.4. The monoisotopic (exact) mass is 388 g/mol. The first-order valence-electron chi connectivity index (χ1n) is 10.6. The molecule has 5 rings (SSSR count). The van der Waals surface area contributed by atoms with Gasteiger partial charge in [0.1, 0.15) is 0 Å². The van der Waals surface area contributed by atoms with Crippen LogP contribution in [0.25, 0.3) is 0 Å². The van der Waals surface area contributed by atoms with E-state index in [1.165, 1.54) is 0 Å². The van der Waals surface area contributed by atoms with E-state index in [2.05, 4.69) is 0 Å². The van der Waals surface area contributed by atoms with Crippen LogP contribution < -0.4 is 5.73 Å². The van der Waals surface area contributed by atoms with Crippen LogP contribution >= 0.6 is 0 Å². The van der Waals surface area contributed by atoms with E-state index in [-0.39, 0.29) is 29.9 Å². The molecule has 3 saturated carbocycles. The van der Waals surface area contributed by atoms with Crippen molar-refractivity contribution in [3.05, 3.63) is 0 Å². The van der Waals surface area contributed by atoms with Crippen molar-refractivity contribution in [3.8, 4) is 0 Å². The molecule has 5 aliphatic rings. The van der Waals surface area contributed by atoms with Crippen molar-refractivity contribution < 1.29 is 22.7 Å². The van der Waals surface area contributed by atoms with Gasteiger partial charge in [-0.15, -0.1) is 0 Å². The number of nitrogens with two attached hydrogens (primary N) is 1. The van der Waals surface area contributed by atoms with Gasteiger partial charge in [0.2, 0.25) is 5.91 Å². The van der Waals surface area contributed by atoms with Crippen LogP contribution in [-0.4, -0.2) is 48.8 Å². The fraction of sp³-hybridized carbons (Fsp3) is 0.950. The van der Waals surface area contributed by atoms with Crippen LogP contribution in [0.3, 0.4) is 0 Å². The second-order valence-electron chi connectivity index (χ2n) is 9.12. The van der Waals surface area contributed by atoms with Gasteiger partial charge in [-0.25, -0.2) is 0 Å². The number of hydrogen-bond donors (Lipinski definition) is 1. The van der Waals surface area contributed by atoms with Crippen LogP contribution in [-0.2, 0) is 9.53 Å². The van der Waals surface area contributed by atoms with Crippen molar-refractivity contribution in [2.45, 2.75) is 69.7 Å². The SMILES string of the molecule is NC1CCOC(C2CCN(C(=O)[C@H]3C4CCC(CC4)[C@@H]3C(F)(F)F)CC2)C1. The number of carbonyl (C=O) groups excluding carboxylic acids is 1. The standard InChI is InChI=1S/C20H31F3N2O2/c21-20(22,23)18-14-3-1-13(2-4-14)17(18)19(26)25-8-5-12(6-9-25)16-11-15(24)7-10-27-16/h12-18H,1-11,24H2/t13?,14?,15?,16?,17-,18-/m0/s1. The Morgan fingerprint density at radius 2 is 1.56 bits per heavy atom. The molecule has 3 aliphatic carbocycles. The van der Waals surface area contributed by atoms with Crippen LogP contribution in [0.15, 0.2) is 0 Å². The van der Waals surface area contributed by atoms with Gasteiger partial charge in [-0.3, -0.25) is 4.79 Å². The van der Waals surface area contributed by atoms with Crippen molar-refractivity contribution in [1.29, 1.82) is 0 Å². The van der Waals surface area contributed by atoms with Gasteiger partial charge in [0.05, 0.1) is 17.9 Å². The number of ether oxygens (including phenoxy) is 1. The fourth-order valence-electron chi connectivity index (χ4n) is 6.16. The van der Waals surface area contributed by atoms with E-state index in [1.54, 1.807) is 4.90 Å². The average Bonchev–Trinajstić information content (AvgIpc) is 2.67. The van der Waals surface area contributed by atoms with Crippen molar-refractivity contribution in [2.24, 2.45) is 35.3 Å². The molecular formula is C20H31F3N2O2. The zero-order chi connectivity index (χ0) is 19.2. The van der Waals surface area contributed by atoms with E-state index in [1.807, 2.05) is 0 Å². The zero-order valence-corrected chi connectivity index (χ0v) is 15.8. The van der Waals surface area contributed by atoms with Crippen LogP contribution in [0.1, 0.15) is 51.4 Å². The largest absolute Gasteiger partial charge is 0.392 e. The van der Waals surface area contributed by atoms with Crippen LogP contribution in [0, 0.1) is 29.6 Å². The van der Waals surface area contributed by atoms with Crippen molar-refractivity contribution in [2.75, 3.05) is 19.7 Å². The van der Waals surface area contributed by atoms with Gasteiger partial charge in [-0.1, -0.05) is 0 Å². The summed E-state index contributed by atoms with van der Waals surface area (Å²) in [5.74, 6) is -2.62. The number of nitrogens with zero attached hydrogens (tertiary/aromatic N) is 1.